The zero-order valence-corrected chi connectivity index (χ0v) is 16.0. The van der Waals surface area contributed by atoms with Crippen molar-refractivity contribution in [3.8, 4) is 12.3 Å². The van der Waals surface area contributed by atoms with Crippen LogP contribution in [0.3, 0.4) is 0 Å². The molecule has 0 bridgehead atoms. The molecule has 0 aliphatic rings. The lowest BCUT2D eigenvalue weighted by Crippen LogP contribution is -2.31. The van der Waals surface area contributed by atoms with E-state index in [9.17, 15) is 0 Å². The molecular weight excluding hydrogens is 284 g/mol. The smallest absolute Gasteiger partial charge is 0.0627 e. The van der Waals surface area contributed by atoms with Crippen molar-refractivity contribution in [3.05, 3.63) is 11.6 Å². The Kier molecular flexibility index (Phi) is 11.3. The molecule has 23 heavy (non-hydrogen) atoms. The molecule has 0 rings (SSSR count). The quantitative estimate of drug-likeness (QED) is 0.307. The highest BCUT2D eigenvalue weighted by Gasteiger charge is 2.24. The largest absolute Gasteiger partial charge is 0.374 e. The first-order chi connectivity index (χ1) is 10.7. The summed E-state index contributed by atoms with van der Waals surface area (Å²) in [4.78, 5) is 0. The number of hydrogen-bond donors (Lipinski definition) is 2. The molecule has 0 aromatic heterocycles. The van der Waals surface area contributed by atoms with Crippen molar-refractivity contribution >= 4 is 0 Å². The predicted molar refractivity (Wildman–Crippen MR) is 101 cm³/mol. The van der Waals surface area contributed by atoms with Gasteiger partial charge in [0.25, 0.3) is 0 Å². The minimum Gasteiger partial charge on any atom is -0.374 e. The van der Waals surface area contributed by atoms with Crippen LogP contribution in [0.4, 0.5) is 0 Å². The molecule has 0 unspecified atom stereocenters. The summed E-state index contributed by atoms with van der Waals surface area (Å²) in [6, 6.07) is 0. The van der Waals surface area contributed by atoms with Gasteiger partial charge in [-0.2, -0.15) is 0 Å². The lowest BCUT2D eigenvalue weighted by Gasteiger charge is -2.31. The molecule has 0 aliphatic heterocycles. The Morgan fingerprint density at radius 3 is 2.48 bits per heavy atom. The van der Waals surface area contributed by atoms with E-state index in [0.717, 1.165) is 58.3 Å². The molecule has 0 atom stereocenters. The van der Waals surface area contributed by atoms with E-state index in [1.54, 1.807) is 0 Å². The third kappa shape index (κ3) is 13.3. The van der Waals surface area contributed by atoms with E-state index >= 15 is 0 Å². The summed E-state index contributed by atoms with van der Waals surface area (Å²) in [6.07, 6.45) is 12.4. The fourth-order valence-corrected chi connectivity index (χ4v) is 2.37. The van der Waals surface area contributed by atoms with Crippen molar-refractivity contribution in [2.45, 2.75) is 72.3 Å². The lowest BCUT2D eigenvalue weighted by molar-refractivity contribution is -0.0289. The molecule has 0 aromatic carbocycles. The van der Waals surface area contributed by atoms with E-state index in [-0.39, 0.29) is 5.60 Å². The number of hydrogen-bond acceptors (Lipinski definition) is 3. The molecule has 3 N–H and O–H groups in total. The predicted octanol–water partition coefficient (Wildman–Crippen LogP) is 3.89. The van der Waals surface area contributed by atoms with Crippen molar-refractivity contribution in [2.75, 3.05) is 26.2 Å². The Morgan fingerprint density at radius 2 is 1.87 bits per heavy atom. The number of ether oxygens (including phenoxy) is 1. The molecule has 0 aliphatic carbocycles. The Hall–Kier alpha value is -0.820. The molecule has 0 fully saturated rings. The fraction of sp³-hybridized carbons (Fsp3) is 0.800. The van der Waals surface area contributed by atoms with Crippen LogP contribution in [0.1, 0.15) is 66.7 Å². The molecule has 0 radical (unpaired) electrons. The van der Waals surface area contributed by atoms with Crippen LogP contribution in [0, 0.1) is 17.8 Å². The highest BCUT2D eigenvalue weighted by atomic mass is 16.5. The Bertz CT molecular complexity index is 378. The van der Waals surface area contributed by atoms with Gasteiger partial charge in [-0.3, -0.25) is 0 Å². The molecule has 3 nitrogen and oxygen atoms in total. The van der Waals surface area contributed by atoms with Crippen molar-refractivity contribution in [1.82, 2.24) is 5.32 Å². The molecular formula is C20H38N2O. The van der Waals surface area contributed by atoms with Crippen LogP contribution in [0.25, 0.3) is 0 Å². The number of allylic oxidation sites excluding steroid dienone is 1. The third-order valence-corrected chi connectivity index (χ3v) is 4.26. The second-order valence-corrected chi connectivity index (χ2v) is 7.77. The van der Waals surface area contributed by atoms with Crippen LogP contribution in [0.2, 0.25) is 0 Å². The van der Waals surface area contributed by atoms with Gasteiger partial charge >= 0.3 is 0 Å². The summed E-state index contributed by atoms with van der Waals surface area (Å²) >= 11 is 0. The summed E-state index contributed by atoms with van der Waals surface area (Å²) in [5.41, 5.74) is 7.25. The second kappa shape index (κ2) is 11.7. The van der Waals surface area contributed by atoms with Crippen LogP contribution in [-0.4, -0.2) is 31.8 Å². The van der Waals surface area contributed by atoms with E-state index < -0.39 is 0 Å². The summed E-state index contributed by atoms with van der Waals surface area (Å²) in [6.45, 7) is 14.4. The summed E-state index contributed by atoms with van der Waals surface area (Å²) in [5.74, 6) is 2.63. The number of terminal acetylenes is 1. The van der Waals surface area contributed by atoms with Crippen LogP contribution in [0.15, 0.2) is 11.6 Å². The lowest BCUT2D eigenvalue weighted by atomic mass is 9.81. The molecule has 0 heterocycles. The standard InChI is InChI=1S/C20H38N2O/c1-7-8-9-18(2)10-15-22-16-17-23-20(5,6)12-11-19(3,4)13-14-21/h1,9,22H,8,10-17,21H2,2-6H3/b18-9+. The topological polar surface area (TPSA) is 47.3 Å². The van der Waals surface area contributed by atoms with Gasteiger partial charge in [-0.1, -0.05) is 25.5 Å². The van der Waals surface area contributed by atoms with E-state index in [0.29, 0.717) is 5.41 Å². The van der Waals surface area contributed by atoms with E-state index in [4.69, 9.17) is 16.9 Å². The van der Waals surface area contributed by atoms with Gasteiger partial charge in [-0.05, 0) is 65.0 Å². The van der Waals surface area contributed by atoms with E-state index in [1.807, 2.05) is 0 Å². The van der Waals surface area contributed by atoms with Gasteiger partial charge in [-0.25, -0.2) is 0 Å². The highest BCUT2D eigenvalue weighted by Crippen LogP contribution is 2.30. The van der Waals surface area contributed by atoms with Crippen molar-refractivity contribution in [2.24, 2.45) is 11.1 Å². The van der Waals surface area contributed by atoms with Crippen LogP contribution >= 0.6 is 0 Å². The van der Waals surface area contributed by atoms with Crippen molar-refractivity contribution in [3.63, 3.8) is 0 Å². The summed E-state index contributed by atoms with van der Waals surface area (Å²) in [5, 5.41) is 3.42. The first-order valence-corrected chi connectivity index (χ1v) is 8.86. The molecule has 0 amide bonds. The summed E-state index contributed by atoms with van der Waals surface area (Å²) < 4.78 is 6.04. The van der Waals surface area contributed by atoms with E-state index in [1.165, 1.54) is 5.57 Å². The number of nitrogens with two attached hydrogens (primary N) is 1. The first-order valence-electron chi connectivity index (χ1n) is 8.86. The van der Waals surface area contributed by atoms with E-state index in [2.05, 4.69) is 51.9 Å². The SMILES string of the molecule is C#CC/C=C(\C)CCNCCOC(C)(C)CCC(C)(C)CCN. The van der Waals surface area contributed by atoms with Gasteiger partial charge in [0.05, 0.1) is 12.2 Å². The van der Waals surface area contributed by atoms with Gasteiger partial charge in [0.2, 0.25) is 0 Å². The minimum absolute atomic E-state index is 0.0733. The Labute approximate surface area is 144 Å². The number of rotatable bonds is 13. The molecule has 0 aromatic rings. The second-order valence-electron chi connectivity index (χ2n) is 7.77. The van der Waals surface area contributed by atoms with Crippen LogP contribution in [-0.2, 0) is 4.74 Å². The third-order valence-electron chi connectivity index (χ3n) is 4.26. The molecule has 3 heteroatoms. The van der Waals surface area contributed by atoms with Gasteiger partial charge in [0.1, 0.15) is 0 Å². The van der Waals surface area contributed by atoms with Gasteiger partial charge in [-0.15, -0.1) is 12.3 Å². The molecule has 0 spiro atoms. The Balaban J connectivity index is 3.80. The maximum atomic E-state index is 6.04. The Morgan fingerprint density at radius 1 is 1.17 bits per heavy atom. The monoisotopic (exact) mass is 322 g/mol. The average molecular weight is 323 g/mol. The summed E-state index contributed by atoms with van der Waals surface area (Å²) in [7, 11) is 0. The molecule has 134 valence electrons. The average Bonchev–Trinajstić information content (AvgIpc) is 2.47. The normalized spacial score (nSPS) is 13.2. The first kappa shape index (κ1) is 22.2. The molecule has 0 saturated heterocycles. The maximum Gasteiger partial charge on any atom is 0.0627 e. The van der Waals surface area contributed by atoms with Gasteiger partial charge < -0.3 is 15.8 Å². The molecule has 0 saturated carbocycles. The fourth-order valence-electron chi connectivity index (χ4n) is 2.37. The minimum atomic E-state index is -0.0733. The maximum absolute atomic E-state index is 6.04. The zero-order valence-electron chi connectivity index (χ0n) is 16.0. The zero-order chi connectivity index (χ0) is 17.8. The van der Waals surface area contributed by atoms with Gasteiger partial charge in [0, 0.05) is 13.0 Å². The van der Waals surface area contributed by atoms with Gasteiger partial charge in [0.15, 0.2) is 0 Å². The highest BCUT2D eigenvalue weighted by molar-refractivity contribution is 5.04. The van der Waals surface area contributed by atoms with Crippen molar-refractivity contribution < 1.29 is 4.74 Å². The van der Waals surface area contributed by atoms with Crippen LogP contribution in [0.5, 0.6) is 0 Å². The number of nitrogens with one attached hydrogen (secondary N) is 1. The van der Waals surface area contributed by atoms with Crippen LogP contribution < -0.4 is 11.1 Å². The van der Waals surface area contributed by atoms with Crippen molar-refractivity contribution in [1.29, 1.82) is 0 Å².